The second-order valence-electron chi connectivity index (χ2n) is 1.80. The van der Waals surface area contributed by atoms with Gasteiger partial charge in [-0.1, -0.05) is 0 Å². The van der Waals surface area contributed by atoms with E-state index in [4.69, 9.17) is 0 Å². The van der Waals surface area contributed by atoms with E-state index in [-0.39, 0.29) is 5.69 Å². The standard InChI is InChI=1S/C7H4BrF2N/c8-7(10)4-6-5(9)2-1-3-11-6/h1-4H/b7-4-. The molecule has 1 aromatic rings. The summed E-state index contributed by atoms with van der Waals surface area (Å²) in [5.74, 6) is -0.540. The number of hydrogen-bond donors (Lipinski definition) is 0. The van der Waals surface area contributed by atoms with E-state index in [9.17, 15) is 8.78 Å². The molecule has 0 aromatic carbocycles. The van der Waals surface area contributed by atoms with Gasteiger partial charge in [0.1, 0.15) is 11.5 Å². The lowest BCUT2D eigenvalue weighted by Crippen LogP contribution is -1.84. The Morgan fingerprint density at radius 2 is 2.36 bits per heavy atom. The van der Waals surface area contributed by atoms with Gasteiger partial charge in [0.05, 0.1) is 0 Å². The maximum Gasteiger partial charge on any atom is 0.167 e. The van der Waals surface area contributed by atoms with Crippen molar-refractivity contribution in [3.05, 3.63) is 34.6 Å². The number of halogens is 3. The third kappa shape index (κ3) is 2.38. The molecule has 0 saturated heterocycles. The Labute approximate surface area is 70.9 Å². The summed E-state index contributed by atoms with van der Waals surface area (Å²) in [5.41, 5.74) is -0.0122. The van der Waals surface area contributed by atoms with Crippen LogP contribution in [-0.2, 0) is 0 Å². The van der Waals surface area contributed by atoms with Gasteiger partial charge >= 0.3 is 0 Å². The molecule has 0 bridgehead atoms. The fourth-order valence-electron chi connectivity index (χ4n) is 0.607. The fraction of sp³-hybridized carbons (Fsp3) is 0. The Morgan fingerprint density at radius 3 is 2.91 bits per heavy atom. The van der Waals surface area contributed by atoms with Crippen LogP contribution in [0.5, 0.6) is 0 Å². The minimum Gasteiger partial charge on any atom is -0.254 e. The predicted molar refractivity (Wildman–Crippen MR) is 42.2 cm³/mol. The lowest BCUT2D eigenvalue weighted by molar-refractivity contribution is 0.616. The van der Waals surface area contributed by atoms with E-state index in [1.807, 2.05) is 0 Å². The molecule has 0 fully saturated rings. The van der Waals surface area contributed by atoms with Crippen molar-refractivity contribution < 1.29 is 8.78 Å². The minimum atomic E-state index is -0.643. The summed E-state index contributed by atoms with van der Waals surface area (Å²) in [6.45, 7) is 0. The van der Waals surface area contributed by atoms with E-state index in [1.165, 1.54) is 18.3 Å². The lowest BCUT2D eigenvalue weighted by Gasteiger charge is -1.92. The van der Waals surface area contributed by atoms with E-state index in [0.717, 1.165) is 6.08 Å². The fourth-order valence-corrected chi connectivity index (χ4v) is 0.824. The van der Waals surface area contributed by atoms with Crippen LogP contribution < -0.4 is 0 Å². The first-order valence-corrected chi connectivity index (χ1v) is 3.62. The summed E-state index contributed by atoms with van der Waals surface area (Å²) in [6, 6.07) is 2.66. The average Bonchev–Trinajstić information content (AvgIpc) is 1.93. The van der Waals surface area contributed by atoms with Crippen molar-refractivity contribution >= 4 is 22.0 Å². The normalized spacial score (nSPS) is 11.7. The smallest absolute Gasteiger partial charge is 0.167 e. The van der Waals surface area contributed by atoms with E-state index < -0.39 is 10.6 Å². The van der Waals surface area contributed by atoms with Crippen LogP contribution in [0.3, 0.4) is 0 Å². The first kappa shape index (κ1) is 8.33. The third-order valence-corrected chi connectivity index (χ3v) is 1.26. The molecule has 11 heavy (non-hydrogen) atoms. The van der Waals surface area contributed by atoms with Crippen LogP contribution in [0.15, 0.2) is 23.1 Å². The van der Waals surface area contributed by atoms with Gasteiger partial charge in [0.2, 0.25) is 0 Å². The van der Waals surface area contributed by atoms with Gasteiger partial charge in [-0.05, 0) is 28.1 Å². The van der Waals surface area contributed by atoms with E-state index in [0.29, 0.717) is 0 Å². The first-order valence-electron chi connectivity index (χ1n) is 2.83. The Kier molecular flexibility index (Phi) is 2.70. The zero-order chi connectivity index (χ0) is 8.27. The highest BCUT2D eigenvalue weighted by Crippen LogP contribution is 2.13. The molecule has 0 aliphatic heterocycles. The Morgan fingerprint density at radius 1 is 1.64 bits per heavy atom. The van der Waals surface area contributed by atoms with Crippen LogP contribution in [0, 0.1) is 5.82 Å². The molecular formula is C7H4BrF2N. The molecular weight excluding hydrogens is 216 g/mol. The van der Waals surface area contributed by atoms with Crippen LogP contribution in [0.1, 0.15) is 5.69 Å². The maximum atomic E-state index is 12.7. The zero-order valence-electron chi connectivity index (χ0n) is 5.39. The largest absolute Gasteiger partial charge is 0.254 e. The van der Waals surface area contributed by atoms with Crippen LogP contribution >= 0.6 is 15.9 Å². The number of hydrogen-bond acceptors (Lipinski definition) is 1. The molecule has 0 amide bonds. The molecule has 1 aromatic heterocycles. The summed E-state index contributed by atoms with van der Waals surface area (Å²) in [6.07, 6.45) is 2.36. The predicted octanol–water partition coefficient (Wildman–Crippen LogP) is 2.88. The zero-order valence-corrected chi connectivity index (χ0v) is 6.98. The second kappa shape index (κ2) is 3.57. The summed E-state index contributed by atoms with van der Waals surface area (Å²) < 4.78 is 24.2. The Bertz CT molecular complexity index is 282. The summed E-state index contributed by atoms with van der Waals surface area (Å²) in [5, 5.41) is 0. The highest BCUT2D eigenvalue weighted by atomic mass is 79.9. The van der Waals surface area contributed by atoms with Gasteiger partial charge in [-0.3, -0.25) is 4.98 Å². The molecule has 0 aliphatic carbocycles. The summed E-state index contributed by atoms with van der Waals surface area (Å²) in [7, 11) is 0. The van der Waals surface area contributed by atoms with E-state index in [2.05, 4.69) is 20.9 Å². The van der Waals surface area contributed by atoms with Crippen molar-refractivity contribution in [1.82, 2.24) is 4.98 Å². The monoisotopic (exact) mass is 219 g/mol. The van der Waals surface area contributed by atoms with E-state index in [1.54, 1.807) is 0 Å². The van der Waals surface area contributed by atoms with E-state index >= 15 is 0 Å². The highest BCUT2D eigenvalue weighted by molar-refractivity contribution is 9.11. The van der Waals surface area contributed by atoms with Crippen LogP contribution in [0.4, 0.5) is 8.78 Å². The Balaban J connectivity index is 3.04. The summed E-state index contributed by atoms with van der Waals surface area (Å²) >= 11 is 2.53. The molecule has 1 nitrogen and oxygen atoms in total. The molecule has 0 unspecified atom stereocenters. The van der Waals surface area contributed by atoms with Crippen molar-refractivity contribution in [2.45, 2.75) is 0 Å². The quantitative estimate of drug-likeness (QED) is 0.708. The summed E-state index contributed by atoms with van der Waals surface area (Å²) in [4.78, 5) is 3.60. The molecule has 0 spiro atoms. The Hall–Kier alpha value is -0.770. The average molecular weight is 220 g/mol. The first-order chi connectivity index (χ1) is 5.20. The van der Waals surface area contributed by atoms with Crippen LogP contribution in [0.25, 0.3) is 6.08 Å². The van der Waals surface area contributed by atoms with Gasteiger partial charge in [-0.15, -0.1) is 0 Å². The molecule has 1 rings (SSSR count). The molecule has 0 N–H and O–H groups in total. The number of rotatable bonds is 1. The van der Waals surface area contributed by atoms with Crippen molar-refractivity contribution in [1.29, 1.82) is 0 Å². The molecule has 58 valence electrons. The molecule has 0 radical (unpaired) electrons. The number of pyridine rings is 1. The van der Waals surface area contributed by atoms with Crippen LogP contribution in [0.2, 0.25) is 0 Å². The van der Waals surface area contributed by atoms with Gasteiger partial charge in [-0.25, -0.2) is 4.39 Å². The van der Waals surface area contributed by atoms with Gasteiger partial charge in [0, 0.05) is 12.3 Å². The SMILES string of the molecule is F/C(Br)=C\c1ncccc1F. The number of nitrogens with zero attached hydrogens (tertiary/aromatic N) is 1. The molecule has 0 aliphatic rings. The molecule has 1 heterocycles. The van der Waals surface area contributed by atoms with Crippen molar-refractivity contribution in [3.63, 3.8) is 0 Å². The van der Waals surface area contributed by atoms with Gasteiger partial charge in [0.15, 0.2) is 4.74 Å². The van der Waals surface area contributed by atoms with Crippen molar-refractivity contribution in [2.24, 2.45) is 0 Å². The highest BCUT2D eigenvalue weighted by Gasteiger charge is 1.98. The van der Waals surface area contributed by atoms with Crippen molar-refractivity contribution in [3.8, 4) is 0 Å². The third-order valence-electron chi connectivity index (χ3n) is 1.03. The van der Waals surface area contributed by atoms with Crippen LogP contribution in [-0.4, -0.2) is 4.98 Å². The molecule has 0 atom stereocenters. The second-order valence-corrected chi connectivity index (χ2v) is 2.56. The van der Waals surface area contributed by atoms with Crippen molar-refractivity contribution in [2.75, 3.05) is 0 Å². The van der Waals surface area contributed by atoms with Gasteiger partial charge < -0.3 is 0 Å². The topological polar surface area (TPSA) is 12.9 Å². The molecule has 4 heteroatoms. The maximum absolute atomic E-state index is 12.7. The number of aromatic nitrogens is 1. The lowest BCUT2D eigenvalue weighted by atomic mass is 10.3. The molecule has 0 saturated carbocycles. The minimum absolute atomic E-state index is 0.0122. The van der Waals surface area contributed by atoms with Gasteiger partial charge in [0.25, 0.3) is 0 Å². The van der Waals surface area contributed by atoms with Gasteiger partial charge in [-0.2, -0.15) is 4.39 Å².